The molecule has 1 aromatic carbocycles. The summed E-state index contributed by atoms with van der Waals surface area (Å²) in [5.41, 5.74) is 1.70. The molecule has 2 nitrogen and oxygen atoms in total. The van der Waals surface area contributed by atoms with Crippen LogP contribution in [0.1, 0.15) is 29.3 Å². The van der Waals surface area contributed by atoms with Crippen molar-refractivity contribution < 1.29 is 18.3 Å². The Morgan fingerprint density at radius 2 is 2.18 bits per heavy atom. The summed E-state index contributed by atoms with van der Waals surface area (Å²) in [6, 6.07) is 7.33. The van der Waals surface area contributed by atoms with E-state index < -0.39 is 13.0 Å². The Morgan fingerprint density at radius 1 is 1.41 bits per heavy atom. The lowest BCUT2D eigenvalue weighted by molar-refractivity contribution is 0.0170. The van der Waals surface area contributed by atoms with Crippen LogP contribution in [0.25, 0.3) is 0 Å². The summed E-state index contributed by atoms with van der Waals surface area (Å²) >= 11 is 0. The van der Waals surface area contributed by atoms with Crippen LogP contribution in [0, 0.1) is 0 Å². The zero-order valence-corrected chi connectivity index (χ0v) is 9.79. The number of carbonyl (C=O) groups is 1. The van der Waals surface area contributed by atoms with Crippen molar-refractivity contribution in [1.29, 1.82) is 0 Å². The number of halogens is 2. The second-order valence-electron chi connectivity index (χ2n) is 3.69. The van der Waals surface area contributed by atoms with Gasteiger partial charge in [-0.15, -0.1) is 0 Å². The van der Waals surface area contributed by atoms with Crippen molar-refractivity contribution in [2.45, 2.75) is 26.2 Å². The lowest BCUT2D eigenvalue weighted by Crippen LogP contribution is -2.09. The normalized spacial score (nSPS) is 10.8. The minimum Gasteiger partial charge on any atom is -0.375 e. The molecular weight excluding hydrogens is 226 g/mol. The fourth-order valence-electron chi connectivity index (χ4n) is 1.45. The summed E-state index contributed by atoms with van der Waals surface area (Å²) in [5.74, 6) is -0.0745. The Kier molecular flexibility index (Phi) is 5.77. The van der Waals surface area contributed by atoms with Gasteiger partial charge in [0.15, 0.2) is 5.78 Å². The molecule has 1 aromatic rings. The summed E-state index contributed by atoms with van der Waals surface area (Å²) in [6.07, 6.45) is -1.48. The van der Waals surface area contributed by atoms with Gasteiger partial charge in [-0.1, -0.05) is 25.1 Å². The van der Waals surface area contributed by atoms with Gasteiger partial charge in [0.05, 0.1) is 6.61 Å². The van der Waals surface area contributed by atoms with Crippen LogP contribution < -0.4 is 0 Å². The summed E-state index contributed by atoms with van der Waals surface area (Å²) in [4.78, 5) is 11.7. The summed E-state index contributed by atoms with van der Waals surface area (Å²) in [6.45, 7) is 1.44. The van der Waals surface area contributed by atoms with E-state index in [0.29, 0.717) is 5.56 Å². The fourth-order valence-corrected chi connectivity index (χ4v) is 1.45. The number of ketones is 1. The highest BCUT2D eigenvalue weighted by Crippen LogP contribution is 2.08. The van der Waals surface area contributed by atoms with Crippen molar-refractivity contribution >= 4 is 5.78 Å². The first-order valence-electron chi connectivity index (χ1n) is 5.61. The molecule has 0 amide bonds. The monoisotopic (exact) mass is 242 g/mol. The smallest absolute Gasteiger partial charge is 0.261 e. The third-order valence-corrected chi connectivity index (χ3v) is 2.37. The molecule has 0 radical (unpaired) electrons. The van der Waals surface area contributed by atoms with Gasteiger partial charge in [0, 0.05) is 12.0 Å². The van der Waals surface area contributed by atoms with Crippen molar-refractivity contribution in [1.82, 2.24) is 0 Å². The molecule has 0 aromatic heterocycles. The first-order valence-corrected chi connectivity index (χ1v) is 5.61. The van der Waals surface area contributed by atoms with E-state index in [-0.39, 0.29) is 18.8 Å². The number of aryl methyl sites for hydroxylation is 1. The van der Waals surface area contributed by atoms with Gasteiger partial charge in [0.25, 0.3) is 6.43 Å². The lowest BCUT2D eigenvalue weighted by Gasteiger charge is -2.04. The summed E-state index contributed by atoms with van der Waals surface area (Å²) in [7, 11) is 0. The Bertz CT molecular complexity index is 364. The Labute approximate surface area is 99.6 Å². The standard InChI is InChI=1S/C13H16F2O2/c1-2-10-4-3-5-11(8-10)12(16)6-7-17-9-13(14)15/h3-5,8,13H,2,6-7,9H2,1H3. The predicted octanol–water partition coefficient (Wildman–Crippen LogP) is 3.10. The predicted molar refractivity (Wildman–Crippen MR) is 61.6 cm³/mol. The maximum Gasteiger partial charge on any atom is 0.261 e. The van der Waals surface area contributed by atoms with E-state index in [1.165, 1.54) is 0 Å². The van der Waals surface area contributed by atoms with E-state index >= 15 is 0 Å². The maximum absolute atomic E-state index is 11.8. The minimum absolute atomic E-state index is 0.0412. The second-order valence-corrected chi connectivity index (χ2v) is 3.69. The second kappa shape index (κ2) is 7.12. The van der Waals surface area contributed by atoms with Gasteiger partial charge in [-0.25, -0.2) is 8.78 Å². The molecule has 0 N–H and O–H groups in total. The van der Waals surface area contributed by atoms with Crippen LogP contribution in [-0.4, -0.2) is 25.4 Å². The van der Waals surface area contributed by atoms with Crippen LogP contribution in [0.15, 0.2) is 24.3 Å². The van der Waals surface area contributed by atoms with Gasteiger partial charge in [0.1, 0.15) is 6.61 Å². The molecule has 0 aliphatic rings. The Morgan fingerprint density at radius 3 is 2.82 bits per heavy atom. The third kappa shape index (κ3) is 5.04. The number of hydrogen-bond acceptors (Lipinski definition) is 2. The Balaban J connectivity index is 2.41. The molecular formula is C13H16F2O2. The fraction of sp³-hybridized carbons (Fsp3) is 0.462. The molecule has 0 aliphatic carbocycles. The molecule has 94 valence electrons. The topological polar surface area (TPSA) is 26.3 Å². The first kappa shape index (κ1) is 13.8. The van der Waals surface area contributed by atoms with Gasteiger partial charge in [-0.3, -0.25) is 4.79 Å². The van der Waals surface area contributed by atoms with Crippen LogP contribution in [0.5, 0.6) is 0 Å². The van der Waals surface area contributed by atoms with Crippen molar-refractivity contribution in [2.75, 3.05) is 13.2 Å². The van der Waals surface area contributed by atoms with Gasteiger partial charge in [-0.05, 0) is 18.1 Å². The molecule has 1 rings (SSSR count). The van der Waals surface area contributed by atoms with E-state index in [2.05, 4.69) is 4.74 Å². The zero-order valence-electron chi connectivity index (χ0n) is 9.79. The number of rotatable bonds is 7. The van der Waals surface area contributed by atoms with Gasteiger partial charge >= 0.3 is 0 Å². The molecule has 4 heteroatoms. The molecule has 0 saturated heterocycles. The van der Waals surface area contributed by atoms with Crippen LogP contribution in [0.3, 0.4) is 0 Å². The van der Waals surface area contributed by atoms with E-state index in [4.69, 9.17) is 0 Å². The summed E-state index contributed by atoms with van der Waals surface area (Å²) in [5, 5.41) is 0. The van der Waals surface area contributed by atoms with Crippen molar-refractivity contribution in [2.24, 2.45) is 0 Å². The SMILES string of the molecule is CCc1cccc(C(=O)CCOCC(F)F)c1. The number of benzene rings is 1. The molecule has 0 aliphatic heterocycles. The van der Waals surface area contributed by atoms with E-state index in [0.717, 1.165) is 12.0 Å². The van der Waals surface area contributed by atoms with Crippen molar-refractivity contribution in [3.05, 3.63) is 35.4 Å². The number of Topliss-reactive ketones (excluding diaryl/α,β-unsaturated/α-hetero) is 1. The zero-order chi connectivity index (χ0) is 12.7. The molecule has 0 bridgehead atoms. The van der Waals surface area contributed by atoms with Crippen LogP contribution in [0.2, 0.25) is 0 Å². The molecule has 0 unspecified atom stereocenters. The van der Waals surface area contributed by atoms with E-state index in [1.807, 2.05) is 25.1 Å². The summed E-state index contributed by atoms with van der Waals surface area (Å²) < 4.78 is 28.2. The average Bonchev–Trinajstić information content (AvgIpc) is 2.34. The molecule has 0 spiro atoms. The molecule has 0 fully saturated rings. The highest BCUT2D eigenvalue weighted by atomic mass is 19.3. The van der Waals surface area contributed by atoms with Crippen LogP contribution in [-0.2, 0) is 11.2 Å². The quantitative estimate of drug-likeness (QED) is 0.542. The average molecular weight is 242 g/mol. The third-order valence-electron chi connectivity index (χ3n) is 2.37. The molecule has 17 heavy (non-hydrogen) atoms. The Hall–Kier alpha value is -1.29. The minimum atomic E-state index is -2.48. The van der Waals surface area contributed by atoms with Crippen LogP contribution >= 0.6 is 0 Å². The van der Waals surface area contributed by atoms with E-state index in [1.54, 1.807) is 6.07 Å². The number of carbonyl (C=O) groups excluding carboxylic acids is 1. The first-order chi connectivity index (χ1) is 8.13. The number of ether oxygens (including phenoxy) is 1. The maximum atomic E-state index is 11.8. The van der Waals surface area contributed by atoms with Gasteiger partial charge in [-0.2, -0.15) is 0 Å². The van der Waals surface area contributed by atoms with Crippen molar-refractivity contribution in [3.8, 4) is 0 Å². The highest BCUT2D eigenvalue weighted by molar-refractivity contribution is 5.96. The molecule has 0 heterocycles. The highest BCUT2D eigenvalue weighted by Gasteiger charge is 2.07. The van der Waals surface area contributed by atoms with Crippen LogP contribution in [0.4, 0.5) is 8.78 Å². The molecule has 0 saturated carbocycles. The molecule has 0 atom stereocenters. The van der Waals surface area contributed by atoms with Gasteiger partial charge in [0.2, 0.25) is 0 Å². The lowest BCUT2D eigenvalue weighted by atomic mass is 10.0. The van der Waals surface area contributed by atoms with Crippen molar-refractivity contribution in [3.63, 3.8) is 0 Å². The largest absolute Gasteiger partial charge is 0.375 e. The number of hydrogen-bond donors (Lipinski definition) is 0. The number of alkyl halides is 2. The van der Waals surface area contributed by atoms with E-state index in [9.17, 15) is 13.6 Å². The van der Waals surface area contributed by atoms with Gasteiger partial charge < -0.3 is 4.74 Å².